The SMILES string of the molecule is CC.Cc1cc2nc(C)[nH]c2cn1.[HH]. The molecule has 0 fully saturated rings. The molecule has 0 aliphatic heterocycles. The first-order valence-corrected chi connectivity index (χ1v) is 4.55. The van der Waals surface area contributed by atoms with Gasteiger partial charge in [-0.25, -0.2) is 4.98 Å². The number of aromatic amines is 1. The Morgan fingerprint density at radius 1 is 1.31 bits per heavy atom. The van der Waals surface area contributed by atoms with Crippen molar-refractivity contribution in [2.75, 3.05) is 0 Å². The maximum absolute atomic E-state index is 4.28. The van der Waals surface area contributed by atoms with Crippen molar-refractivity contribution in [3.05, 3.63) is 23.8 Å². The first kappa shape index (κ1) is 9.71. The van der Waals surface area contributed by atoms with Crippen LogP contribution in [-0.4, -0.2) is 15.0 Å². The molecule has 0 spiro atoms. The van der Waals surface area contributed by atoms with Crippen molar-refractivity contribution in [3.8, 4) is 0 Å². The molecule has 0 amide bonds. The summed E-state index contributed by atoms with van der Waals surface area (Å²) in [6, 6.07) is 1.97. The van der Waals surface area contributed by atoms with Crippen molar-refractivity contribution < 1.29 is 1.43 Å². The van der Waals surface area contributed by atoms with Gasteiger partial charge in [0.15, 0.2) is 0 Å². The lowest BCUT2D eigenvalue weighted by molar-refractivity contribution is 1.17. The zero-order valence-electron chi connectivity index (χ0n) is 8.55. The lowest BCUT2D eigenvalue weighted by atomic mass is 10.3. The highest BCUT2D eigenvalue weighted by atomic mass is 14.9. The van der Waals surface area contributed by atoms with Crippen LogP contribution in [0.2, 0.25) is 0 Å². The molecule has 0 atom stereocenters. The van der Waals surface area contributed by atoms with E-state index in [9.17, 15) is 0 Å². The molecule has 13 heavy (non-hydrogen) atoms. The molecule has 0 bridgehead atoms. The highest BCUT2D eigenvalue weighted by Crippen LogP contribution is 2.09. The fraction of sp³-hybridized carbons (Fsp3) is 0.400. The van der Waals surface area contributed by atoms with Gasteiger partial charge in [0.05, 0.1) is 17.2 Å². The van der Waals surface area contributed by atoms with Gasteiger partial charge >= 0.3 is 0 Å². The minimum Gasteiger partial charge on any atom is -0.341 e. The van der Waals surface area contributed by atoms with Crippen molar-refractivity contribution >= 4 is 11.0 Å². The zero-order valence-corrected chi connectivity index (χ0v) is 8.55. The molecule has 2 rings (SSSR count). The standard InChI is InChI=1S/C8H9N3.C2H6.H2/c1-5-3-7-8(4-9-5)11-6(2)10-7;1-2;/h3-4H,1-2H3,(H,10,11);1-2H3;1H. The summed E-state index contributed by atoms with van der Waals surface area (Å²) in [5, 5.41) is 0. The van der Waals surface area contributed by atoms with Crippen molar-refractivity contribution in [3.63, 3.8) is 0 Å². The minimum absolute atomic E-state index is 0. The summed E-state index contributed by atoms with van der Waals surface area (Å²) in [5.74, 6) is 0.937. The maximum atomic E-state index is 4.28. The van der Waals surface area contributed by atoms with Gasteiger partial charge in [0.1, 0.15) is 5.82 Å². The Kier molecular flexibility index (Phi) is 3.01. The van der Waals surface area contributed by atoms with Crippen LogP contribution in [0.25, 0.3) is 11.0 Å². The molecule has 3 nitrogen and oxygen atoms in total. The number of rotatable bonds is 0. The molecule has 0 unspecified atom stereocenters. The van der Waals surface area contributed by atoms with E-state index in [1.165, 1.54) is 0 Å². The summed E-state index contributed by atoms with van der Waals surface area (Å²) in [6.45, 7) is 7.90. The summed E-state index contributed by atoms with van der Waals surface area (Å²) in [6.07, 6.45) is 1.81. The first-order chi connectivity index (χ1) is 6.25. The predicted molar refractivity (Wildman–Crippen MR) is 56.8 cm³/mol. The van der Waals surface area contributed by atoms with Gasteiger partial charge in [-0.3, -0.25) is 4.98 Å². The Morgan fingerprint density at radius 3 is 2.69 bits per heavy atom. The fourth-order valence-corrected chi connectivity index (χ4v) is 1.14. The third-order valence-electron chi connectivity index (χ3n) is 1.62. The molecule has 0 saturated carbocycles. The van der Waals surface area contributed by atoms with E-state index in [4.69, 9.17) is 0 Å². The Bertz CT molecular complexity index is 395. The van der Waals surface area contributed by atoms with Gasteiger partial charge < -0.3 is 4.98 Å². The van der Waals surface area contributed by atoms with Crippen LogP contribution in [0.5, 0.6) is 0 Å². The van der Waals surface area contributed by atoms with Crippen LogP contribution in [0.3, 0.4) is 0 Å². The third kappa shape index (κ3) is 2.05. The molecule has 2 heterocycles. The Balaban J connectivity index is 0.000000531. The molecule has 0 aromatic carbocycles. The van der Waals surface area contributed by atoms with E-state index in [1.54, 1.807) is 0 Å². The number of imidazole rings is 1. The number of nitrogens with one attached hydrogen (secondary N) is 1. The second-order valence-corrected chi connectivity index (χ2v) is 2.67. The van der Waals surface area contributed by atoms with Gasteiger partial charge in [-0.2, -0.15) is 0 Å². The molecular formula is C10H17N3. The van der Waals surface area contributed by atoms with E-state index in [1.807, 2.05) is 40.0 Å². The molecule has 3 heteroatoms. The van der Waals surface area contributed by atoms with Gasteiger partial charge in [0, 0.05) is 7.12 Å². The quantitative estimate of drug-likeness (QED) is 0.675. The summed E-state index contributed by atoms with van der Waals surface area (Å²) in [5.41, 5.74) is 3.01. The van der Waals surface area contributed by atoms with Gasteiger partial charge in [-0.05, 0) is 19.9 Å². The lowest BCUT2D eigenvalue weighted by Gasteiger charge is -1.88. The van der Waals surface area contributed by atoms with Crippen molar-refractivity contribution in [1.29, 1.82) is 0 Å². The van der Waals surface area contributed by atoms with Gasteiger partial charge in [0.2, 0.25) is 0 Å². The Hall–Kier alpha value is -1.38. The van der Waals surface area contributed by atoms with Gasteiger partial charge in [-0.1, -0.05) is 13.8 Å². The molecule has 2 aromatic rings. The van der Waals surface area contributed by atoms with Crippen LogP contribution in [0.4, 0.5) is 0 Å². The van der Waals surface area contributed by atoms with E-state index in [2.05, 4.69) is 15.0 Å². The second kappa shape index (κ2) is 4.03. The van der Waals surface area contributed by atoms with Gasteiger partial charge in [0.25, 0.3) is 0 Å². The summed E-state index contributed by atoms with van der Waals surface area (Å²) >= 11 is 0. The average molecular weight is 179 g/mol. The zero-order chi connectivity index (χ0) is 9.84. The van der Waals surface area contributed by atoms with E-state index < -0.39 is 0 Å². The Labute approximate surface area is 79.7 Å². The van der Waals surface area contributed by atoms with Crippen LogP contribution in [0, 0.1) is 13.8 Å². The molecule has 0 aliphatic rings. The molecule has 0 aliphatic carbocycles. The topological polar surface area (TPSA) is 41.6 Å². The number of H-pyrrole nitrogens is 1. The normalized spacial score (nSPS) is 9.54. The fourth-order valence-electron chi connectivity index (χ4n) is 1.14. The average Bonchev–Trinajstić information content (AvgIpc) is 2.48. The smallest absolute Gasteiger partial charge is 0.104 e. The molecule has 1 N–H and O–H groups in total. The first-order valence-electron chi connectivity index (χ1n) is 4.55. The second-order valence-electron chi connectivity index (χ2n) is 2.67. The van der Waals surface area contributed by atoms with E-state index >= 15 is 0 Å². The number of fused-ring (bicyclic) bond motifs is 1. The van der Waals surface area contributed by atoms with E-state index in [-0.39, 0.29) is 1.43 Å². The Morgan fingerprint density at radius 2 is 2.00 bits per heavy atom. The minimum atomic E-state index is 0. The summed E-state index contributed by atoms with van der Waals surface area (Å²) in [4.78, 5) is 11.5. The van der Waals surface area contributed by atoms with Crippen LogP contribution in [0.15, 0.2) is 12.3 Å². The van der Waals surface area contributed by atoms with Crippen LogP contribution < -0.4 is 0 Å². The number of pyridine rings is 1. The summed E-state index contributed by atoms with van der Waals surface area (Å²) < 4.78 is 0. The highest BCUT2D eigenvalue weighted by Gasteiger charge is 1.97. The molecule has 0 saturated heterocycles. The molecule has 72 valence electrons. The lowest BCUT2D eigenvalue weighted by Crippen LogP contribution is -1.78. The molecule has 0 radical (unpaired) electrons. The van der Waals surface area contributed by atoms with E-state index in [0.717, 1.165) is 22.6 Å². The van der Waals surface area contributed by atoms with Crippen molar-refractivity contribution in [2.24, 2.45) is 0 Å². The van der Waals surface area contributed by atoms with Gasteiger partial charge in [-0.15, -0.1) is 0 Å². The largest absolute Gasteiger partial charge is 0.341 e. The summed E-state index contributed by atoms with van der Waals surface area (Å²) in [7, 11) is 0. The van der Waals surface area contributed by atoms with E-state index in [0.29, 0.717) is 0 Å². The third-order valence-corrected chi connectivity index (χ3v) is 1.62. The number of hydrogen-bond donors (Lipinski definition) is 1. The van der Waals surface area contributed by atoms with Crippen LogP contribution in [-0.2, 0) is 0 Å². The monoisotopic (exact) mass is 179 g/mol. The molecule has 2 aromatic heterocycles. The van der Waals surface area contributed by atoms with Crippen LogP contribution in [0.1, 0.15) is 26.8 Å². The maximum Gasteiger partial charge on any atom is 0.104 e. The predicted octanol–water partition coefficient (Wildman–Crippen LogP) is 2.85. The number of aryl methyl sites for hydroxylation is 2. The van der Waals surface area contributed by atoms with Crippen molar-refractivity contribution in [1.82, 2.24) is 15.0 Å². The number of nitrogens with zero attached hydrogens (tertiary/aromatic N) is 2. The highest BCUT2D eigenvalue weighted by molar-refractivity contribution is 5.74. The van der Waals surface area contributed by atoms with Crippen LogP contribution >= 0.6 is 0 Å². The number of aromatic nitrogens is 3. The van der Waals surface area contributed by atoms with Crippen molar-refractivity contribution in [2.45, 2.75) is 27.7 Å². The molecular weight excluding hydrogens is 162 g/mol. The number of hydrogen-bond acceptors (Lipinski definition) is 2.